The molecule has 0 saturated heterocycles. The number of hydrogen-bond donors (Lipinski definition) is 2. The van der Waals surface area contributed by atoms with Crippen molar-refractivity contribution < 1.29 is 5.11 Å². The van der Waals surface area contributed by atoms with Gasteiger partial charge in [-0.25, -0.2) is 0 Å². The summed E-state index contributed by atoms with van der Waals surface area (Å²) in [5.74, 6) is 0.721. The highest BCUT2D eigenvalue weighted by Crippen LogP contribution is 2.44. The maximum Gasteiger partial charge on any atom is 0.0689 e. The highest BCUT2D eigenvalue weighted by Gasteiger charge is 2.38. The van der Waals surface area contributed by atoms with E-state index in [1.807, 2.05) is 6.07 Å². The van der Waals surface area contributed by atoms with Crippen LogP contribution in [0.1, 0.15) is 58.4 Å². The van der Waals surface area contributed by atoms with Gasteiger partial charge in [0.15, 0.2) is 0 Å². The average Bonchev–Trinajstić information content (AvgIpc) is 2.42. The number of nitrogens with zero attached hydrogens (tertiary/aromatic N) is 1. The molecule has 0 atom stereocenters. The van der Waals surface area contributed by atoms with E-state index in [0.717, 1.165) is 42.9 Å². The summed E-state index contributed by atoms with van der Waals surface area (Å²) in [7, 11) is 0. The third-order valence-corrected chi connectivity index (χ3v) is 5.39. The fourth-order valence-corrected chi connectivity index (χ4v) is 3.34. The molecule has 0 spiro atoms. The first-order chi connectivity index (χ1) is 9.36. The summed E-state index contributed by atoms with van der Waals surface area (Å²) in [5.41, 5.74) is 7.46. The molecule has 1 fully saturated rings. The van der Waals surface area contributed by atoms with Gasteiger partial charge in [-0.15, -0.1) is 0 Å². The van der Waals surface area contributed by atoms with Gasteiger partial charge in [-0.3, -0.25) is 4.98 Å². The summed E-state index contributed by atoms with van der Waals surface area (Å²) in [5, 5.41) is 10.8. The smallest absolute Gasteiger partial charge is 0.0689 e. The maximum atomic E-state index is 10.8. The minimum atomic E-state index is -0.600. The lowest BCUT2D eigenvalue weighted by molar-refractivity contribution is -0.0275. The van der Waals surface area contributed by atoms with Gasteiger partial charge in [0, 0.05) is 24.5 Å². The number of pyridine rings is 1. The van der Waals surface area contributed by atoms with Crippen LogP contribution in [0, 0.1) is 11.3 Å². The quantitative estimate of drug-likeness (QED) is 0.884. The average molecular weight is 276 g/mol. The van der Waals surface area contributed by atoms with Gasteiger partial charge in [-0.05, 0) is 48.6 Å². The predicted octanol–water partition coefficient (Wildman–Crippen LogP) is 3.56. The van der Waals surface area contributed by atoms with Gasteiger partial charge in [-0.1, -0.05) is 27.2 Å². The number of rotatable bonds is 4. The summed E-state index contributed by atoms with van der Waals surface area (Å²) < 4.78 is 0. The Bertz CT molecular complexity index is 448. The minimum Gasteiger partial charge on any atom is -0.398 e. The third kappa shape index (κ3) is 3.32. The zero-order chi connectivity index (χ0) is 14.8. The number of hydrogen-bond acceptors (Lipinski definition) is 3. The van der Waals surface area contributed by atoms with Crippen molar-refractivity contribution in [3.8, 4) is 0 Å². The molecular formula is C17H28N2O. The van der Waals surface area contributed by atoms with E-state index in [2.05, 4.69) is 25.8 Å². The molecule has 3 nitrogen and oxygen atoms in total. The summed E-state index contributed by atoms with van der Waals surface area (Å²) in [6.07, 6.45) is 9.27. The largest absolute Gasteiger partial charge is 0.398 e. The molecule has 1 aliphatic carbocycles. The first-order valence-corrected chi connectivity index (χ1v) is 7.77. The van der Waals surface area contributed by atoms with E-state index < -0.39 is 5.60 Å². The fraction of sp³-hybridized carbons (Fsp3) is 0.706. The van der Waals surface area contributed by atoms with Crippen molar-refractivity contribution in [2.24, 2.45) is 11.3 Å². The maximum absolute atomic E-state index is 10.8. The lowest BCUT2D eigenvalue weighted by atomic mass is 9.65. The van der Waals surface area contributed by atoms with E-state index in [1.54, 1.807) is 12.4 Å². The van der Waals surface area contributed by atoms with Crippen LogP contribution in [-0.2, 0) is 6.42 Å². The number of nitrogens with two attached hydrogens (primary N) is 1. The number of nitrogen functional groups attached to an aromatic ring is 1. The van der Waals surface area contributed by atoms with Gasteiger partial charge < -0.3 is 10.8 Å². The van der Waals surface area contributed by atoms with Crippen LogP contribution in [0.2, 0.25) is 0 Å². The summed E-state index contributed by atoms with van der Waals surface area (Å²) >= 11 is 0. The van der Waals surface area contributed by atoms with Crippen LogP contribution in [0.4, 0.5) is 5.69 Å². The lowest BCUT2D eigenvalue weighted by Gasteiger charge is -2.42. The van der Waals surface area contributed by atoms with Crippen LogP contribution in [0.5, 0.6) is 0 Å². The molecule has 0 unspecified atom stereocenters. The Labute approximate surface area is 122 Å². The van der Waals surface area contributed by atoms with E-state index in [-0.39, 0.29) is 0 Å². The number of aromatic nitrogens is 1. The Kier molecular flexibility index (Phi) is 4.38. The van der Waals surface area contributed by atoms with Crippen molar-refractivity contribution in [2.75, 3.05) is 5.73 Å². The van der Waals surface area contributed by atoms with E-state index in [1.165, 1.54) is 6.42 Å². The Morgan fingerprint density at radius 3 is 2.60 bits per heavy atom. The second-order valence-corrected chi connectivity index (χ2v) is 7.09. The molecule has 1 heterocycles. The van der Waals surface area contributed by atoms with E-state index in [4.69, 9.17) is 5.73 Å². The molecular weight excluding hydrogens is 248 g/mol. The van der Waals surface area contributed by atoms with Crippen molar-refractivity contribution in [3.05, 3.63) is 24.0 Å². The minimum absolute atomic E-state index is 0.384. The van der Waals surface area contributed by atoms with Gasteiger partial charge in [-0.2, -0.15) is 0 Å². The second kappa shape index (κ2) is 5.72. The van der Waals surface area contributed by atoms with E-state index in [9.17, 15) is 5.11 Å². The molecule has 0 amide bonds. The molecule has 1 aromatic rings. The van der Waals surface area contributed by atoms with Gasteiger partial charge in [0.2, 0.25) is 0 Å². The normalized spacial score (nSPS) is 27.5. The zero-order valence-corrected chi connectivity index (χ0v) is 13.0. The van der Waals surface area contributed by atoms with Crippen LogP contribution in [0.25, 0.3) is 0 Å². The zero-order valence-electron chi connectivity index (χ0n) is 13.0. The number of anilines is 1. The SMILES string of the molecule is CCC(C)(C)C1CCC(O)(Cc2cnccc2N)CC1. The molecule has 3 N–H and O–H groups in total. The fourth-order valence-electron chi connectivity index (χ4n) is 3.34. The van der Waals surface area contributed by atoms with Crippen molar-refractivity contribution in [2.45, 2.75) is 64.9 Å². The van der Waals surface area contributed by atoms with Crippen molar-refractivity contribution in [1.29, 1.82) is 0 Å². The highest BCUT2D eigenvalue weighted by molar-refractivity contribution is 5.45. The molecule has 0 aromatic carbocycles. The van der Waals surface area contributed by atoms with E-state index in [0.29, 0.717) is 11.8 Å². The molecule has 0 aliphatic heterocycles. The first kappa shape index (κ1) is 15.3. The Balaban J connectivity index is 2.00. The Morgan fingerprint density at radius 2 is 2.05 bits per heavy atom. The monoisotopic (exact) mass is 276 g/mol. The first-order valence-electron chi connectivity index (χ1n) is 7.77. The van der Waals surface area contributed by atoms with Gasteiger partial charge in [0.1, 0.15) is 0 Å². The molecule has 112 valence electrons. The second-order valence-electron chi connectivity index (χ2n) is 7.09. The van der Waals surface area contributed by atoms with Gasteiger partial charge in [0.05, 0.1) is 5.60 Å². The van der Waals surface area contributed by atoms with E-state index >= 15 is 0 Å². The van der Waals surface area contributed by atoms with Crippen LogP contribution in [0.3, 0.4) is 0 Å². The highest BCUT2D eigenvalue weighted by atomic mass is 16.3. The van der Waals surface area contributed by atoms with Crippen LogP contribution in [0.15, 0.2) is 18.5 Å². The van der Waals surface area contributed by atoms with Crippen molar-refractivity contribution in [3.63, 3.8) is 0 Å². The standard InChI is InChI=1S/C17H28N2O/c1-4-16(2,3)14-5-8-17(20,9-6-14)11-13-12-19-10-7-15(13)18/h7,10,12,14,20H,4-6,8-9,11H2,1-3H3,(H2,18,19). The van der Waals surface area contributed by atoms with Crippen molar-refractivity contribution in [1.82, 2.24) is 4.98 Å². The Morgan fingerprint density at radius 1 is 1.40 bits per heavy atom. The molecule has 1 saturated carbocycles. The topological polar surface area (TPSA) is 59.1 Å². The van der Waals surface area contributed by atoms with Crippen LogP contribution in [-0.4, -0.2) is 15.7 Å². The molecule has 1 aliphatic rings. The third-order valence-electron chi connectivity index (χ3n) is 5.39. The predicted molar refractivity (Wildman–Crippen MR) is 83.3 cm³/mol. The van der Waals surface area contributed by atoms with Gasteiger partial charge in [0.25, 0.3) is 0 Å². The lowest BCUT2D eigenvalue weighted by Crippen LogP contribution is -2.39. The van der Waals surface area contributed by atoms with Crippen molar-refractivity contribution >= 4 is 5.69 Å². The molecule has 0 bridgehead atoms. The summed E-state index contributed by atoms with van der Waals surface area (Å²) in [4.78, 5) is 4.12. The van der Waals surface area contributed by atoms with Gasteiger partial charge >= 0.3 is 0 Å². The molecule has 2 rings (SSSR count). The number of aliphatic hydroxyl groups is 1. The Hall–Kier alpha value is -1.09. The van der Waals surface area contributed by atoms with Crippen LogP contribution >= 0.6 is 0 Å². The summed E-state index contributed by atoms with van der Waals surface area (Å²) in [6.45, 7) is 6.96. The molecule has 20 heavy (non-hydrogen) atoms. The summed E-state index contributed by atoms with van der Waals surface area (Å²) in [6, 6.07) is 1.81. The molecule has 1 aromatic heterocycles. The van der Waals surface area contributed by atoms with Crippen LogP contribution < -0.4 is 5.73 Å². The molecule has 3 heteroatoms. The molecule has 0 radical (unpaired) electrons.